The second kappa shape index (κ2) is 5.82. The quantitative estimate of drug-likeness (QED) is 0.908. The van der Waals surface area contributed by atoms with Gasteiger partial charge in [-0.1, -0.05) is 30.3 Å². The van der Waals surface area contributed by atoms with Crippen LogP contribution in [0.3, 0.4) is 0 Å². The molecule has 0 saturated heterocycles. The minimum absolute atomic E-state index is 0.107. The van der Waals surface area contributed by atoms with Crippen LogP contribution in [0.4, 0.5) is 10.6 Å². The zero-order valence-corrected chi connectivity index (χ0v) is 14.0. The molecule has 1 heterocycles. The van der Waals surface area contributed by atoms with Crippen molar-refractivity contribution in [3.8, 4) is 0 Å². The Hall–Kier alpha value is -2.56. The number of carbonyl (C=O) groups is 1. The molecular formula is C19H22N4O. The first-order valence-electron chi connectivity index (χ1n) is 8.39. The van der Waals surface area contributed by atoms with Crippen molar-refractivity contribution in [3.63, 3.8) is 0 Å². The molecule has 1 saturated carbocycles. The van der Waals surface area contributed by atoms with Crippen molar-refractivity contribution in [2.75, 3.05) is 19.0 Å². The maximum atomic E-state index is 12.2. The van der Waals surface area contributed by atoms with Crippen LogP contribution in [-0.2, 0) is 13.0 Å². The number of rotatable bonds is 4. The van der Waals surface area contributed by atoms with Crippen molar-refractivity contribution >= 4 is 11.8 Å². The monoisotopic (exact) mass is 322 g/mol. The zero-order valence-electron chi connectivity index (χ0n) is 14.0. The number of amides is 2. The number of pyridine rings is 1. The van der Waals surface area contributed by atoms with Crippen LogP contribution < -0.4 is 15.5 Å². The summed E-state index contributed by atoms with van der Waals surface area (Å²) in [6.45, 7) is 0.437. The summed E-state index contributed by atoms with van der Waals surface area (Å²) < 4.78 is 0. The molecule has 0 unspecified atom stereocenters. The first-order chi connectivity index (χ1) is 11.6. The number of anilines is 1. The van der Waals surface area contributed by atoms with Gasteiger partial charge in [0.15, 0.2) is 0 Å². The molecule has 1 fully saturated rings. The highest BCUT2D eigenvalue weighted by Gasteiger charge is 2.56. The summed E-state index contributed by atoms with van der Waals surface area (Å²) in [5.74, 6) is 1.97. The molecular weight excluding hydrogens is 300 g/mol. The zero-order chi connectivity index (χ0) is 16.7. The Labute approximate surface area is 142 Å². The number of fused-ring (bicyclic) bond motifs is 3. The fourth-order valence-electron chi connectivity index (χ4n) is 3.74. The maximum absolute atomic E-state index is 12.2. The molecule has 0 bridgehead atoms. The third-order valence-corrected chi connectivity index (χ3v) is 5.02. The Bertz CT molecular complexity index is 773. The van der Waals surface area contributed by atoms with E-state index in [2.05, 4.69) is 39.9 Å². The van der Waals surface area contributed by atoms with E-state index in [0.717, 1.165) is 17.9 Å². The summed E-state index contributed by atoms with van der Waals surface area (Å²) in [5, 5.41) is 6.03. The number of carbonyl (C=O) groups excluding carboxylic acids is 1. The molecule has 3 atom stereocenters. The summed E-state index contributed by atoms with van der Waals surface area (Å²) in [6.07, 6.45) is 1.08. The van der Waals surface area contributed by atoms with Gasteiger partial charge < -0.3 is 15.5 Å². The Morgan fingerprint density at radius 3 is 2.88 bits per heavy atom. The third kappa shape index (κ3) is 2.70. The second-order valence-electron chi connectivity index (χ2n) is 6.83. The molecule has 2 aliphatic carbocycles. The Kier molecular flexibility index (Phi) is 3.63. The minimum atomic E-state index is -0.107. The van der Waals surface area contributed by atoms with Crippen molar-refractivity contribution in [2.45, 2.75) is 24.9 Å². The third-order valence-electron chi connectivity index (χ3n) is 5.02. The highest BCUT2D eigenvalue weighted by Crippen LogP contribution is 2.56. The van der Waals surface area contributed by atoms with Crippen molar-refractivity contribution in [1.29, 1.82) is 0 Å². The van der Waals surface area contributed by atoms with Crippen LogP contribution in [-0.4, -0.2) is 31.2 Å². The Morgan fingerprint density at radius 1 is 1.21 bits per heavy atom. The van der Waals surface area contributed by atoms with E-state index in [4.69, 9.17) is 0 Å². The van der Waals surface area contributed by atoms with Gasteiger partial charge in [-0.05, 0) is 35.6 Å². The fraction of sp³-hybridized carbons (Fsp3) is 0.368. The summed E-state index contributed by atoms with van der Waals surface area (Å²) in [7, 11) is 3.91. The van der Waals surface area contributed by atoms with Gasteiger partial charge in [-0.3, -0.25) is 0 Å². The average Bonchev–Trinajstić information content (AvgIpc) is 3.09. The normalized spacial score (nSPS) is 23.2. The lowest BCUT2D eigenvalue weighted by Crippen LogP contribution is -2.38. The molecule has 2 amide bonds. The molecule has 4 rings (SSSR count). The number of hydrogen-bond donors (Lipinski definition) is 2. The summed E-state index contributed by atoms with van der Waals surface area (Å²) >= 11 is 0. The van der Waals surface area contributed by atoms with Crippen LogP contribution in [0.2, 0.25) is 0 Å². The molecule has 1 aromatic carbocycles. The van der Waals surface area contributed by atoms with E-state index in [1.54, 1.807) is 0 Å². The summed E-state index contributed by atoms with van der Waals surface area (Å²) in [6, 6.07) is 14.6. The van der Waals surface area contributed by atoms with Crippen LogP contribution in [0.1, 0.15) is 22.7 Å². The van der Waals surface area contributed by atoms with Crippen molar-refractivity contribution in [3.05, 3.63) is 59.3 Å². The standard InChI is InChI=1S/C19H22N4O/c1-23(2)16-9-5-7-13(21-16)11-20-19(24)22-18-15-10-12-6-3-4-8-14(12)17(15)18/h3-9,15,17-18H,10-11H2,1-2H3,(H2,20,22,24)/t15-,17+,18+/m0/s1. The lowest BCUT2D eigenvalue weighted by Gasteiger charge is -2.13. The summed E-state index contributed by atoms with van der Waals surface area (Å²) in [4.78, 5) is 18.6. The van der Waals surface area contributed by atoms with Crippen LogP contribution in [0, 0.1) is 5.92 Å². The topological polar surface area (TPSA) is 57.3 Å². The molecule has 0 spiro atoms. The van der Waals surface area contributed by atoms with Gasteiger partial charge in [-0.15, -0.1) is 0 Å². The van der Waals surface area contributed by atoms with E-state index in [1.807, 2.05) is 37.2 Å². The van der Waals surface area contributed by atoms with Crippen LogP contribution >= 0.6 is 0 Å². The lowest BCUT2D eigenvalue weighted by molar-refractivity contribution is 0.239. The van der Waals surface area contributed by atoms with Crippen molar-refractivity contribution < 1.29 is 4.79 Å². The predicted octanol–water partition coefficient (Wildman–Crippen LogP) is 2.29. The number of nitrogens with zero attached hydrogens (tertiary/aromatic N) is 2. The van der Waals surface area contributed by atoms with E-state index in [-0.39, 0.29) is 12.1 Å². The van der Waals surface area contributed by atoms with Gasteiger partial charge in [0, 0.05) is 26.1 Å². The van der Waals surface area contributed by atoms with Gasteiger partial charge in [0.25, 0.3) is 0 Å². The van der Waals surface area contributed by atoms with Gasteiger partial charge in [0.2, 0.25) is 0 Å². The highest BCUT2D eigenvalue weighted by atomic mass is 16.2. The van der Waals surface area contributed by atoms with E-state index in [0.29, 0.717) is 18.4 Å². The molecule has 24 heavy (non-hydrogen) atoms. The first kappa shape index (κ1) is 15.0. The molecule has 5 heteroatoms. The largest absolute Gasteiger partial charge is 0.363 e. The van der Waals surface area contributed by atoms with Crippen LogP contribution in [0.15, 0.2) is 42.5 Å². The Balaban J connectivity index is 1.31. The molecule has 0 radical (unpaired) electrons. The number of urea groups is 1. The molecule has 2 aliphatic rings. The average molecular weight is 322 g/mol. The number of benzene rings is 1. The fourth-order valence-corrected chi connectivity index (χ4v) is 3.74. The van der Waals surface area contributed by atoms with Crippen LogP contribution in [0.25, 0.3) is 0 Å². The van der Waals surface area contributed by atoms with Gasteiger partial charge in [0.1, 0.15) is 5.82 Å². The van der Waals surface area contributed by atoms with E-state index in [9.17, 15) is 4.79 Å². The van der Waals surface area contributed by atoms with Gasteiger partial charge in [-0.2, -0.15) is 0 Å². The smallest absolute Gasteiger partial charge is 0.315 e. The van der Waals surface area contributed by atoms with Crippen LogP contribution in [0.5, 0.6) is 0 Å². The van der Waals surface area contributed by atoms with E-state index >= 15 is 0 Å². The number of hydrogen-bond acceptors (Lipinski definition) is 3. The lowest BCUT2D eigenvalue weighted by atomic mass is 10.1. The predicted molar refractivity (Wildman–Crippen MR) is 94.1 cm³/mol. The van der Waals surface area contributed by atoms with E-state index < -0.39 is 0 Å². The molecule has 124 valence electrons. The minimum Gasteiger partial charge on any atom is -0.363 e. The van der Waals surface area contributed by atoms with Gasteiger partial charge in [0.05, 0.1) is 12.2 Å². The molecule has 0 aliphatic heterocycles. The van der Waals surface area contributed by atoms with Crippen molar-refractivity contribution in [1.82, 2.24) is 15.6 Å². The highest BCUT2D eigenvalue weighted by molar-refractivity contribution is 5.75. The van der Waals surface area contributed by atoms with Gasteiger partial charge >= 0.3 is 6.03 Å². The summed E-state index contributed by atoms with van der Waals surface area (Å²) in [5.41, 5.74) is 3.71. The SMILES string of the molecule is CN(C)c1cccc(CNC(=O)N[C@@H]2[C@H]3Cc4ccccc4[C@H]32)n1. The number of nitrogens with one attached hydrogen (secondary N) is 2. The molecule has 2 aromatic rings. The molecule has 5 nitrogen and oxygen atoms in total. The van der Waals surface area contributed by atoms with E-state index in [1.165, 1.54) is 11.1 Å². The number of aromatic nitrogens is 1. The Morgan fingerprint density at radius 2 is 2.04 bits per heavy atom. The molecule has 2 N–H and O–H groups in total. The maximum Gasteiger partial charge on any atom is 0.315 e. The van der Waals surface area contributed by atoms with Crippen molar-refractivity contribution in [2.24, 2.45) is 5.92 Å². The molecule has 1 aromatic heterocycles. The second-order valence-corrected chi connectivity index (χ2v) is 6.83. The van der Waals surface area contributed by atoms with Gasteiger partial charge in [-0.25, -0.2) is 9.78 Å². The first-order valence-corrected chi connectivity index (χ1v) is 8.39.